The van der Waals surface area contributed by atoms with Crippen molar-refractivity contribution in [3.8, 4) is 0 Å². The van der Waals surface area contributed by atoms with Crippen LogP contribution < -0.4 is 11.3 Å². The van der Waals surface area contributed by atoms with Crippen LogP contribution in [0.5, 0.6) is 0 Å². The summed E-state index contributed by atoms with van der Waals surface area (Å²) in [6, 6.07) is 3.58. The summed E-state index contributed by atoms with van der Waals surface area (Å²) in [6.45, 7) is 8.05. The van der Waals surface area contributed by atoms with Crippen molar-refractivity contribution < 1.29 is 4.79 Å². The topological polar surface area (TPSA) is 71.2 Å². The van der Waals surface area contributed by atoms with Crippen LogP contribution in [0.15, 0.2) is 12.1 Å². The number of hydrogen-bond donors (Lipinski definition) is 2. The number of carbonyl (C=O) groups is 1. The van der Waals surface area contributed by atoms with Gasteiger partial charge in [-0.05, 0) is 30.4 Å². The van der Waals surface area contributed by atoms with Gasteiger partial charge in [-0.15, -0.1) is 0 Å². The van der Waals surface area contributed by atoms with Crippen molar-refractivity contribution >= 4 is 11.7 Å². The van der Waals surface area contributed by atoms with Gasteiger partial charge in [0.15, 0.2) is 0 Å². The summed E-state index contributed by atoms with van der Waals surface area (Å²) >= 11 is 0. The van der Waals surface area contributed by atoms with Crippen LogP contribution in [-0.4, -0.2) is 28.9 Å². The number of aryl methyl sites for hydroxylation is 1. The number of amides is 1. The molecule has 1 amide bonds. The number of hydrazine groups is 1. The number of nitrogens with one attached hydrogen (secondary N) is 1. The van der Waals surface area contributed by atoms with E-state index in [9.17, 15) is 4.79 Å². The normalized spacial score (nSPS) is 22.6. The lowest BCUT2D eigenvalue weighted by Crippen LogP contribution is -2.29. The molecule has 1 aromatic heterocycles. The molecule has 1 aliphatic rings. The van der Waals surface area contributed by atoms with Gasteiger partial charge >= 0.3 is 0 Å². The second-order valence-corrected chi connectivity index (χ2v) is 5.39. The van der Waals surface area contributed by atoms with Crippen LogP contribution in [-0.2, 0) is 6.42 Å². The Kier molecular flexibility index (Phi) is 4.04. The van der Waals surface area contributed by atoms with Crippen molar-refractivity contribution in [2.24, 2.45) is 17.7 Å². The maximum atomic E-state index is 12.5. The van der Waals surface area contributed by atoms with Crippen molar-refractivity contribution in [1.82, 2.24) is 9.88 Å². The number of carbonyl (C=O) groups excluding carboxylic acids is 1. The summed E-state index contributed by atoms with van der Waals surface area (Å²) in [7, 11) is 0. The largest absolute Gasteiger partial charge is 0.338 e. The molecule has 3 N–H and O–H groups in total. The van der Waals surface area contributed by atoms with Gasteiger partial charge < -0.3 is 10.3 Å². The van der Waals surface area contributed by atoms with Crippen LogP contribution in [0, 0.1) is 11.8 Å². The fraction of sp³-hybridized carbons (Fsp3) is 0.571. The molecule has 0 aromatic carbocycles. The zero-order valence-electron chi connectivity index (χ0n) is 11.8. The molecule has 1 aliphatic heterocycles. The van der Waals surface area contributed by atoms with Crippen molar-refractivity contribution in [2.45, 2.75) is 27.2 Å². The molecule has 1 saturated heterocycles. The van der Waals surface area contributed by atoms with E-state index in [1.54, 1.807) is 6.07 Å². The molecule has 5 heteroatoms. The molecule has 2 atom stereocenters. The Balaban J connectivity index is 2.23. The first-order valence-electron chi connectivity index (χ1n) is 6.82. The first-order chi connectivity index (χ1) is 9.05. The van der Waals surface area contributed by atoms with Crippen LogP contribution in [0.2, 0.25) is 0 Å². The Morgan fingerprint density at radius 1 is 1.42 bits per heavy atom. The lowest BCUT2D eigenvalue weighted by molar-refractivity contribution is 0.0785. The molecule has 0 aliphatic carbocycles. The van der Waals surface area contributed by atoms with Crippen LogP contribution in [0.25, 0.3) is 0 Å². The Hall–Kier alpha value is -1.62. The molecule has 0 bridgehead atoms. The number of anilines is 1. The van der Waals surface area contributed by atoms with Gasteiger partial charge in [0.25, 0.3) is 5.91 Å². The molecule has 19 heavy (non-hydrogen) atoms. The van der Waals surface area contributed by atoms with E-state index >= 15 is 0 Å². The average molecular weight is 262 g/mol. The zero-order chi connectivity index (χ0) is 14.0. The van der Waals surface area contributed by atoms with E-state index < -0.39 is 0 Å². The molecule has 0 spiro atoms. The standard InChI is InChI=1S/C14H22N4O/c1-4-12-5-11(6-13(16-12)17-15)14(19)18-7-9(2)10(3)8-18/h5-6,9-10H,4,7-8,15H2,1-3H3,(H,16,17). The molecule has 5 nitrogen and oxygen atoms in total. The summed E-state index contributed by atoms with van der Waals surface area (Å²) in [5.41, 5.74) is 4.07. The van der Waals surface area contributed by atoms with Crippen molar-refractivity contribution in [2.75, 3.05) is 18.5 Å². The molecule has 0 saturated carbocycles. The third kappa shape index (κ3) is 2.87. The number of hydrogen-bond acceptors (Lipinski definition) is 4. The number of likely N-dealkylation sites (tertiary alicyclic amines) is 1. The molecule has 1 fully saturated rings. The third-order valence-corrected chi connectivity index (χ3v) is 3.91. The summed E-state index contributed by atoms with van der Waals surface area (Å²) in [4.78, 5) is 18.7. The van der Waals surface area contributed by atoms with E-state index in [2.05, 4.69) is 24.3 Å². The lowest BCUT2D eigenvalue weighted by atomic mass is 10.0. The van der Waals surface area contributed by atoms with Gasteiger partial charge in [-0.2, -0.15) is 0 Å². The minimum atomic E-state index is 0.0739. The number of nitrogens with zero attached hydrogens (tertiary/aromatic N) is 2. The molecular weight excluding hydrogens is 240 g/mol. The maximum Gasteiger partial charge on any atom is 0.254 e. The second-order valence-electron chi connectivity index (χ2n) is 5.39. The molecular formula is C14H22N4O. The molecule has 2 unspecified atom stereocenters. The molecule has 0 radical (unpaired) electrons. The summed E-state index contributed by atoms with van der Waals surface area (Å²) in [5, 5.41) is 0. The average Bonchev–Trinajstić information content (AvgIpc) is 2.77. The van der Waals surface area contributed by atoms with Crippen molar-refractivity contribution in [1.29, 1.82) is 0 Å². The molecule has 104 valence electrons. The number of pyridine rings is 1. The van der Waals surface area contributed by atoms with Gasteiger partial charge in [0, 0.05) is 24.3 Å². The van der Waals surface area contributed by atoms with Crippen LogP contribution in [0.4, 0.5) is 5.82 Å². The van der Waals surface area contributed by atoms with E-state index in [-0.39, 0.29) is 5.91 Å². The van der Waals surface area contributed by atoms with Gasteiger partial charge in [-0.25, -0.2) is 10.8 Å². The summed E-state index contributed by atoms with van der Waals surface area (Å²) in [5.74, 6) is 7.14. The minimum Gasteiger partial charge on any atom is -0.338 e. The Bertz CT molecular complexity index is 442. The highest BCUT2D eigenvalue weighted by Gasteiger charge is 2.30. The van der Waals surface area contributed by atoms with E-state index in [0.29, 0.717) is 23.2 Å². The smallest absolute Gasteiger partial charge is 0.254 e. The predicted octanol–water partition coefficient (Wildman–Crippen LogP) is 1.66. The zero-order valence-corrected chi connectivity index (χ0v) is 11.8. The Morgan fingerprint density at radius 3 is 2.58 bits per heavy atom. The fourth-order valence-corrected chi connectivity index (χ4v) is 2.44. The first-order valence-corrected chi connectivity index (χ1v) is 6.82. The highest BCUT2D eigenvalue weighted by atomic mass is 16.2. The third-order valence-electron chi connectivity index (χ3n) is 3.91. The van der Waals surface area contributed by atoms with E-state index in [1.807, 2.05) is 17.9 Å². The van der Waals surface area contributed by atoms with Gasteiger partial charge in [0.2, 0.25) is 0 Å². The molecule has 2 rings (SSSR count). The van der Waals surface area contributed by atoms with Crippen molar-refractivity contribution in [3.05, 3.63) is 23.4 Å². The quantitative estimate of drug-likeness (QED) is 0.642. The number of aromatic nitrogens is 1. The highest BCUT2D eigenvalue weighted by molar-refractivity contribution is 5.95. The number of rotatable bonds is 3. The van der Waals surface area contributed by atoms with Crippen LogP contribution in [0.1, 0.15) is 36.8 Å². The molecule has 1 aromatic rings. The molecule has 2 heterocycles. The van der Waals surface area contributed by atoms with Crippen LogP contribution >= 0.6 is 0 Å². The Labute approximate surface area is 114 Å². The minimum absolute atomic E-state index is 0.0739. The van der Waals surface area contributed by atoms with Gasteiger partial charge in [0.05, 0.1) is 0 Å². The number of nitrogen functional groups attached to an aromatic ring is 1. The summed E-state index contributed by atoms with van der Waals surface area (Å²) < 4.78 is 0. The van der Waals surface area contributed by atoms with Crippen LogP contribution in [0.3, 0.4) is 0 Å². The SMILES string of the molecule is CCc1cc(C(=O)N2CC(C)C(C)C2)cc(NN)n1. The predicted molar refractivity (Wildman–Crippen MR) is 75.7 cm³/mol. The van der Waals surface area contributed by atoms with E-state index in [1.165, 1.54) is 0 Å². The second kappa shape index (κ2) is 5.57. The summed E-state index contributed by atoms with van der Waals surface area (Å²) in [6.07, 6.45) is 0.780. The maximum absolute atomic E-state index is 12.5. The fourth-order valence-electron chi connectivity index (χ4n) is 2.44. The first kappa shape index (κ1) is 13.8. The Morgan fingerprint density at radius 2 is 2.05 bits per heavy atom. The van der Waals surface area contributed by atoms with Crippen molar-refractivity contribution in [3.63, 3.8) is 0 Å². The van der Waals surface area contributed by atoms with E-state index in [0.717, 1.165) is 25.2 Å². The van der Waals surface area contributed by atoms with E-state index in [4.69, 9.17) is 5.84 Å². The van der Waals surface area contributed by atoms with Gasteiger partial charge in [0.1, 0.15) is 5.82 Å². The van der Waals surface area contributed by atoms with Gasteiger partial charge in [-0.3, -0.25) is 4.79 Å². The lowest BCUT2D eigenvalue weighted by Gasteiger charge is -2.17. The highest BCUT2D eigenvalue weighted by Crippen LogP contribution is 2.24. The van der Waals surface area contributed by atoms with Gasteiger partial charge in [-0.1, -0.05) is 20.8 Å². The number of nitrogens with two attached hydrogens (primary N) is 1. The monoisotopic (exact) mass is 262 g/mol.